The molecule has 0 spiro atoms. The number of halogens is 1. The zero-order valence-electron chi connectivity index (χ0n) is 24.2. The Hall–Kier alpha value is -2.91. The molecule has 3 N–H and O–H groups in total. The van der Waals surface area contributed by atoms with Crippen LogP contribution in [-0.2, 0) is 14.3 Å². The van der Waals surface area contributed by atoms with Gasteiger partial charge in [-0.3, -0.25) is 9.59 Å². The van der Waals surface area contributed by atoms with Crippen LogP contribution in [0.4, 0.5) is 10.5 Å². The molecule has 0 saturated carbocycles. The minimum absolute atomic E-state index is 0.00387. The zero-order valence-corrected chi connectivity index (χ0v) is 25.9. The molecule has 0 bridgehead atoms. The summed E-state index contributed by atoms with van der Waals surface area (Å²) in [6.45, 7) is 11.1. The predicted molar refractivity (Wildman–Crippen MR) is 163 cm³/mol. The highest BCUT2D eigenvalue weighted by atomic mass is 35.5. The van der Waals surface area contributed by atoms with Gasteiger partial charge in [-0.25, -0.2) is 4.79 Å². The number of para-hydroxylation sites is 1. The number of amides is 3. The minimum Gasteiger partial charge on any atom is -0.508 e. The molecule has 40 heavy (non-hydrogen) atoms. The van der Waals surface area contributed by atoms with Crippen molar-refractivity contribution in [2.45, 2.75) is 84.9 Å². The van der Waals surface area contributed by atoms with Crippen molar-refractivity contribution in [3.05, 3.63) is 58.1 Å². The van der Waals surface area contributed by atoms with Gasteiger partial charge in [0.25, 0.3) is 5.91 Å². The van der Waals surface area contributed by atoms with E-state index >= 15 is 0 Å². The molecule has 10 heteroatoms. The fraction of sp³-hybridized carbons (Fsp3) is 0.500. The number of unbranched alkanes of at least 4 members (excludes halogenated alkanes) is 3. The molecule has 0 saturated heterocycles. The molecule has 0 aliphatic rings. The maximum atomic E-state index is 14.0. The molecule has 8 nitrogen and oxygen atoms in total. The minimum atomic E-state index is -1.08. The Labute approximate surface area is 248 Å². The van der Waals surface area contributed by atoms with E-state index in [1.165, 1.54) is 11.0 Å². The van der Waals surface area contributed by atoms with E-state index in [0.29, 0.717) is 28.3 Å². The van der Waals surface area contributed by atoms with E-state index in [-0.39, 0.29) is 18.0 Å². The van der Waals surface area contributed by atoms with E-state index in [1.54, 1.807) is 52.0 Å². The van der Waals surface area contributed by atoms with Gasteiger partial charge in [-0.1, -0.05) is 56.0 Å². The van der Waals surface area contributed by atoms with Crippen LogP contribution in [0.2, 0.25) is 5.02 Å². The van der Waals surface area contributed by atoms with E-state index in [4.69, 9.17) is 16.3 Å². The summed E-state index contributed by atoms with van der Waals surface area (Å²) in [6.07, 6.45) is 2.73. The smallest absolute Gasteiger partial charge is 0.408 e. The van der Waals surface area contributed by atoms with Crippen LogP contribution < -0.4 is 10.6 Å². The number of carbonyl (C=O) groups is 3. The van der Waals surface area contributed by atoms with Crippen molar-refractivity contribution >= 4 is 47.8 Å². The summed E-state index contributed by atoms with van der Waals surface area (Å²) in [7, 11) is 0. The Balaban J connectivity index is 2.56. The van der Waals surface area contributed by atoms with Gasteiger partial charge in [-0.2, -0.15) is 12.6 Å². The topological polar surface area (TPSA) is 108 Å². The number of carbonyl (C=O) groups excluding carboxylic acids is 3. The predicted octanol–water partition coefficient (Wildman–Crippen LogP) is 6.57. The van der Waals surface area contributed by atoms with Gasteiger partial charge in [0.15, 0.2) is 0 Å². The monoisotopic (exact) mass is 591 g/mol. The van der Waals surface area contributed by atoms with Gasteiger partial charge in [-0.05, 0) is 75.9 Å². The second-order valence-corrected chi connectivity index (χ2v) is 11.6. The van der Waals surface area contributed by atoms with E-state index in [0.717, 1.165) is 24.8 Å². The number of thiol groups is 1. The van der Waals surface area contributed by atoms with Crippen molar-refractivity contribution in [3.63, 3.8) is 0 Å². The first-order valence-corrected chi connectivity index (χ1v) is 14.6. The standard InChI is InChI=1S/C30H42ClN3O5S/c1-7-8-9-10-16-34(28(37)23(18-40)32-29(38)39-30(4,5)6)26(21-14-15-24(35)20(3)17-21)27(36)33-25-19(2)12-11-13-22(25)31/h11-15,17,23,26,35,40H,7-10,16,18H2,1-6H3,(H,32,38)(H,33,36). The van der Waals surface area contributed by atoms with Gasteiger partial charge in [0, 0.05) is 12.3 Å². The molecule has 220 valence electrons. The highest BCUT2D eigenvalue weighted by Crippen LogP contribution is 2.31. The lowest BCUT2D eigenvalue weighted by atomic mass is 9.99. The number of aryl methyl sites for hydroxylation is 2. The number of anilines is 1. The lowest BCUT2D eigenvalue weighted by Crippen LogP contribution is -2.53. The van der Waals surface area contributed by atoms with Crippen LogP contribution in [0.3, 0.4) is 0 Å². The van der Waals surface area contributed by atoms with Crippen LogP contribution in [0.1, 0.15) is 76.1 Å². The number of hydrogen-bond acceptors (Lipinski definition) is 6. The molecule has 0 fully saturated rings. The number of benzene rings is 2. The number of nitrogens with one attached hydrogen (secondary N) is 2. The van der Waals surface area contributed by atoms with Gasteiger partial charge >= 0.3 is 6.09 Å². The van der Waals surface area contributed by atoms with E-state index in [2.05, 4.69) is 30.2 Å². The SMILES string of the molecule is CCCCCCN(C(=O)C(CS)NC(=O)OC(C)(C)C)C(C(=O)Nc1c(C)cccc1Cl)c1ccc(O)c(C)c1. The zero-order chi connectivity index (χ0) is 30.0. The second kappa shape index (κ2) is 15.2. The fourth-order valence-electron chi connectivity index (χ4n) is 4.21. The van der Waals surface area contributed by atoms with Crippen molar-refractivity contribution in [1.82, 2.24) is 10.2 Å². The Morgan fingerprint density at radius 2 is 1.77 bits per heavy atom. The normalized spacial score (nSPS) is 12.8. The summed E-state index contributed by atoms with van der Waals surface area (Å²) in [6, 6.07) is 7.98. The Morgan fingerprint density at radius 3 is 2.35 bits per heavy atom. The molecular formula is C30H42ClN3O5S. The van der Waals surface area contributed by atoms with Crippen LogP contribution in [0.5, 0.6) is 5.75 Å². The van der Waals surface area contributed by atoms with E-state index in [1.807, 2.05) is 13.0 Å². The quantitative estimate of drug-likeness (QED) is 0.165. The third-order valence-corrected chi connectivity index (χ3v) is 6.95. The van der Waals surface area contributed by atoms with E-state index in [9.17, 15) is 19.5 Å². The first-order valence-electron chi connectivity index (χ1n) is 13.5. The van der Waals surface area contributed by atoms with Crippen LogP contribution >= 0.6 is 24.2 Å². The van der Waals surface area contributed by atoms with Crippen LogP contribution in [0, 0.1) is 13.8 Å². The van der Waals surface area contributed by atoms with Crippen molar-refractivity contribution in [3.8, 4) is 5.75 Å². The molecule has 0 radical (unpaired) electrons. The summed E-state index contributed by atoms with van der Waals surface area (Å²) in [4.78, 5) is 42.1. The highest BCUT2D eigenvalue weighted by molar-refractivity contribution is 7.80. The van der Waals surface area contributed by atoms with Gasteiger partial charge in [0.05, 0.1) is 10.7 Å². The molecular weight excluding hydrogens is 550 g/mol. The van der Waals surface area contributed by atoms with Gasteiger partial charge in [0.2, 0.25) is 5.91 Å². The number of ether oxygens (including phenoxy) is 1. The average Bonchev–Trinajstić information content (AvgIpc) is 2.87. The lowest BCUT2D eigenvalue weighted by Gasteiger charge is -2.34. The van der Waals surface area contributed by atoms with Crippen LogP contribution in [0.15, 0.2) is 36.4 Å². The Morgan fingerprint density at radius 1 is 1.07 bits per heavy atom. The lowest BCUT2D eigenvalue weighted by molar-refractivity contribution is -0.140. The third kappa shape index (κ3) is 9.63. The highest BCUT2D eigenvalue weighted by Gasteiger charge is 2.36. The molecule has 0 aliphatic carbocycles. The number of alkyl carbamates (subject to hydrolysis) is 1. The van der Waals surface area contributed by atoms with Gasteiger partial charge < -0.3 is 25.4 Å². The number of phenolic OH excluding ortho intramolecular Hbond substituents is 1. The maximum Gasteiger partial charge on any atom is 0.408 e. The average molecular weight is 592 g/mol. The molecule has 2 unspecified atom stereocenters. The number of rotatable bonds is 12. The summed E-state index contributed by atoms with van der Waals surface area (Å²) >= 11 is 10.7. The molecule has 2 aromatic rings. The van der Waals surface area contributed by atoms with Crippen molar-refractivity contribution in [2.75, 3.05) is 17.6 Å². The second-order valence-electron chi connectivity index (χ2n) is 10.8. The molecule has 0 aromatic heterocycles. The summed E-state index contributed by atoms with van der Waals surface area (Å²) < 4.78 is 5.36. The summed E-state index contributed by atoms with van der Waals surface area (Å²) in [5.41, 5.74) is 1.52. The molecule has 2 atom stereocenters. The maximum absolute atomic E-state index is 14.0. The van der Waals surface area contributed by atoms with Crippen LogP contribution in [0.25, 0.3) is 0 Å². The molecule has 3 amide bonds. The largest absolute Gasteiger partial charge is 0.508 e. The summed E-state index contributed by atoms with van der Waals surface area (Å²) in [5.74, 6) is -0.874. The summed E-state index contributed by atoms with van der Waals surface area (Å²) in [5, 5.41) is 16.1. The first kappa shape index (κ1) is 33.3. The molecule has 0 aliphatic heterocycles. The third-order valence-electron chi connectivity index (χ3n) is 6.27. The number of hydrogen-bond donors (Lipinski definition) is 4. The Kier molecular flexibility index (Phi) is 12.6. The number of nitrogens with zero attached hydrogens (tertiary/aromatic N) is 1. The molecule has 2 rings (SSSR count). The van der Waals surface area contributed by atoms with E-state index < -0.39 is 35.6 Å². The molecule has 0 heterocycles. The first-order chi connectivity index (χ1) is 18.8. The fourth-order valence-corrected chi connectivity index (χ4v) is 4.73. The van der Waals surface area contributed by atoms with Crippen molar-refractivity contribution < 1.29 is 24.2 Å². The number of phenols is 1. The van der Waals surface area contributed by atoms with Gasteiger partial charge in [-0.15, -0.1) is 0 Å². The van der Waals surface area contributed by atoms with Crippen molar-refractivity contribution in [2.24, 2.45) is 0 Å². The van der Waals surface area contributed by atoms with Gasteiger partial charge in [0.1, 0.15) is 23.4 Å². The Bertz CT molecular complexity index is 1160. The molecule has 2 aromatic carbocycles. The van der Waals surface area contributed by atoms with Crippen molar-refractivity contribution in [1.29, 1.82) is 0 Å². The van der Waals surface area contributed by atoms with Crippen LogP contribution in [-0.4, -0.2) is 51.9 Å². The number of aromatic hydroxyl groups is 1.